The second kappa shape index (κ2) is 5.73. The lowest BCUT2D eigenvalue weighted by atomic mass is 10.00. The van der Waals surface area contributed by atoms with Crippen molar-refractivity contribution >= 4 is 5.91 Å². The van der Waals surface area contributed by atoms with Gasteiger partial charge in [0.25, 0.3) is 0 Å². The second-order valence-electron chi connectivity index (χ2n) is 6.13. The molecule has 0 aromatic carbocycles. The second-order valence-corrected chi connectivity index (χ2v) is 6.13. The number of hydrogen-bond donors (Lipinski definition) is 0. The number of carbonyl (C=O) groups is 1. The highest BCUT2D eigenvalue weighted by Gasteiger charge is 2.35. The van der Waals surface area contributed by atoms with Crippen molar-refractivity contribution in [2.24, 2.45) is 0 Å². The van der Waals surface area contributed by atoms with E-state index in [-0.39, 0.29) is 24.0 Å². The van der Waals surface area contributed by atoms with Gasteiger partial charge in [0.15, 0.2) is 5.82 Å². The lowest BCUT2D eigenvalue weighted by molar-refractivity contribution is -0.145. The fourth-order valence-electron chi connectivity index (χ4n) is 3.01. The van der Waals surface area contributed by atoms with E-state index >= 15 is 0 Å². The number of aromatic nitrogens is 2. The molecule has 21 heavy (non-hydrogen) atoms. The summed E-state index contributed by atoms with van der Waals surface area (Å²) in [6.07, 6.45) is 0.228. The van der Waals surface area contributed by atoms with E-state index in [1.54, 1.807) is 0 Å². The molecule has 7 nitrogen and oxygen atoms in total. The minimum atomic E-state index is 0.114. The number of morpholine rings is 1. The summed E-state index contributed by atoms with van der Waals surface area (Å²) in [6, 6.07) is 0. The quantitative estimate of drug-likeness (QED) is 0.804. The van der Waals surface area contributed by atoms with Gasteiger partial charge in [-0.2, -0.15) is 4.98 Å². The van der Waals surface area contributed by atoms with E-state index in [1.807, 2.05) is 25.7 Å². The monoisotopic (exact) mass is 294 g/mol. The highest BCUT2D eigenvalue weighted by Crippen LogP contribution is 2.25. The zero-order valence-corrected chi connectivity index (χ0v) is 12.8. The maximum absolute atomic E-state index is 12.3. The number of rotatable bonds is 3. The van der Waals surface area contributed by atoms with E-state index in [4.69, 9.17) is 9.26 Å². The average molecular weight is 294 g/mol. The zero-order chi connectivity index (χ0) is 15.0. The summed E-state index contributed by atoms with van der Waals surface area (Å²) in [5.41, 5.74) is 0. The van der Waals surface area contributed by atoms with Gasteiger partial charge in [-0.3, -0.25) is 9.69 Å². The Bertz CT molecular complexity index is 502. The van der Waals surface area contributed by atoms with Crippen LogP contribution in [0.25, 0.3) is 0 Å². The largest absolute Gasteiger partial charge is 0.372 e. The number of carbonyl (C=O) groups excluding carboxylic acids is 1. The summed E-state index contributed by atoms with van der Waals surface area (Å²) < 4.78 is 10.8. The van der Waals surface area contributed by atoms with Crippen LogP contribution in [0.15, 0.2) is 4.52 Å². The molecular weight excluding hydrogens is 272 g/mol. The standard InChI is InChI=1S/C14H22N4O3/c1-9-4-18(5-10(2)20-9)13(19)8-17-6-12(7-17)14-15-11(3)16-21-14/h9-10,12H,4-8H2,1-3H3. The van der Waals surface area contributed by atoms with Crippen LogP contribution >= 0.6 is 0 Å². The van der Waals surface area contributed by atoms with Gasteiger partial charge in [0.2, 0.25) is 11.8 Å². The van der Waals surface area contributed by atoms with E-state index in [0.29, 0.717) is 31.3 Å². The average Bonchev–Trinajstić information content (AvgIpc) is 2.78. The van der Waals surface area contributed by atoms with Crippen LogP contribution in [-0.2, 0) is 9.53 Å². The molecule has 2 aliphatic rings. The first-order chi connectivity index (χ1) is 10.0. The summed E-state index contributed by atoms with van der Waals surface area (Å²) >= 11 is 0. The van der Waals surface area contributed by atoms with Gasteiger partial charge in [-0.25, -0.2) is 0 Å². The van der Waals surface area contributed by atoms with Crippen molar-refractivity contribution in [3.05, 3.63) is 11.7 Å². The van der Waals surface area contributed by atoms with E-state index in [9.17, 15) is 4.79 Å². The first-order valence-electron chi connectivity index (χ1n) is 7.47. The van der Waals surface area contributed by atoms with Crippen LogP contribution in [0, 0.1) is 6.92 Å². The number of ether oxygens (including phenoxy) is 1. The summed E-state index contributed by atoms with van der Waals surface area (Å²) in [4.78, 5) is 20.6. The topological polar surface area (TPSA) is 71.7 Å². The fourth-order valence-corrected chi connectivity index (χ4v) is 3.01. The lowest BCUT2D eigenvalue weighted by Gasteiger charge is -2.40. The van der Waals surface area contributed by atoms with Crippen LogP contribution in [0.2, 0.25) is 0 Å². The van der Waals surface area contributed by atoms with E-state index in [2.05, 4.69) is 15.0 Å². The maximum atomic E-state index is 12.3. The van der Waals surface area contributed by atoms with Crippen LogP contribution in [0.3, 0.4) is 0 Å². The molecule has 2 aliphatic heterocycles. The third-order valence-corrected chi connectivity index (χ3v) is 3.98. The normalized spacial score (nSPS) is 27.7. The zero-order valence-electron chi connectivity index (χ0n) is 12.8. The van der Waals surface area contributed by atoms with Crippen LogP contribution in [0.4, 0.5) is 0 Å². The smallest absolute Gasteiger partial charge is 0.236 e. The molecule has 1 aromatic rings. The lowest BCUT2D eigenvalue weighted by Crippen LogP contribution is -2.54. The van der Waals surface area contributed by atoms with Gasteiger partial charge in [0.05, 0.1) is 24.7 Å². The molecule has 7 heteroatoms. The molecule has 0 spiro atoms. The molecule has 3 heterocycles. The fraction of sp³-hybridized carbons (Fsp3) is 0.786. The van der Waals surface area contributed by atoms with Crippen molar-refractivity contribution in [2.45, 2.75) is 38.9 Å². The van der Waals surface area contributed by atoms with Crippen molar-refractivity contribution in [1.29, 1.82) is 0 Å². The predicted octanol–water partition coefficient (Wildman–Crippen LogP) is 0.413. The van der Waals surface area contributed by atoms with Gasteiger partial charge in [0, 0.05) is 26.2 Å². The van der Waals surface area contributed by atoms with Gasteiger partial charge in [-0.1, -0.05) is 5.16 Å². The molecule has 0 aliphatic carbocycles. The minimum absolute atomic E-state index is 0.114. The Labute approximate surface area is 124 Å². The minimum Gasteiger partial charge on any atom is -0.372 e. The first kappa shape index (κ1) is 14.5. The molecule has 0 saturated carbocycles. The van der Waals surface area contributed by atoms with E-state index < -0.39 is 0 Å². The van der Waals surface area contributed by atoms with Crippen molar-refractivity contribution in [3.63, 3.8) is 0 Å². The molecular formula is C14H22N4O3. The third-order valence-electron chi connectivity index (χ3n) is 3.98. The van der Waals surface area contributed by atoms with Gasteiger partial charge >= 0.3 is 0 Å². The van der Waals surface area contributed by atoms with E-state index in [1.165, 1.54) is 0 Å². The Kier molecular flexibility index (Phi) is 3.95. The van der Waals surface area contributed by atoms with Gasteiger partial charge < -0.3 is 14.2 Å². The summed E-state index contributed by atoms with van der Waals surface area (Å²) in [5, 5.41) is 3.80. The number of amides is 1. The number of likely N-dealkylation sites (tertiary alicyclic amines) is 1. The van der Waals surface area contributed by atoms with Crippen molar-refractivity contribution in [2.75, 3.05) is 32.7 Å². The molecule has 0 bridgehead atoms. The molecule has 2 unspecified atom stereocenters. The molecule has 1 amide bonds. The van der Waals surface area contributed by atoms with Crippen molar-refractivity contribution in [3.8, 4) is 0 Å². The number of nitrogens with zero attached hydrogens (tertiary/aromatic N) is 4. The Balaban J connectivity index is 1.47. The molecule has 2 fully saturated rings. The molecule has 116 valence electrons. The number of hydrogen-bond acceptors (Lipinski definition) is 6. The van der Waals surface area contributed by atoms with Crippen molar-refractivity contribution in [1.82, 2.24) is 19.9 Å². The number of aryl methyl sites for hydroxylation is 1. The van der Waals surface area contributed by atoms with Gasteiger partial charge in [-0.15, -0.1) is 0 Å². The predicted molar refractivity (Wildman–Crippen MR) is 74.8 cm³/mol. The van der Waals surface area contributed by atoms with E-state index in [0.717, 1.165) is 13.1 Å². The van der Waals surface area contributed by atoms with Crippen LogP contribution < -0.4 is 0 Å². The Morgan fingerprint density at radius 2 is 1.90 bits per heavy atom. The van der Waals surface area contributed by atoms with Crippen LogP contribution in [0.1, 0.15) is 31.5 Å². The summed E-state index contributed by atoms with van der Waals surface area (Å²) in [7, 11) is 0. The third kappa shape index (κ3) is 3.24. The first-order valence-corrected chi connectivity index (χ1v) is 7.47. The highest BCUT2D eigenvalue weighted by atomic mass is 16.5. The van der Waals surface area contributed by atoms with Crippen molar-refractivity contribution < 1.29 is 14.1 Å². The molecule has 0 N–H and O–H groups in total. The summed E-state index contributed by atoms with van der Waals surface area (Å²) in [5.74, 6) is 1.79. The highest BCUT2D eigenvalue weighted by molar-refractivity contribution is 5.78. The Hall–Kier alpha value is -1.47. The van der Waals surface area contributed by atoms with Gasteiger partial charge in [-0.05, 0) is 20.8 Å². The molecule has 0 radical (unpaired) electrons. The van der Waals surface area contributed by atoms with Crippen LogP contribution in [-0.4, -0.2) is 70.8 Å². The molecule has 2 atom stereocenters. The molecule has 1 aromatic heterocycles. The molecule has 2 saturated heterocycles. The molecule has 3 rings (SSSR count). The Morgan fingerprint density at radius 1 is 1.24 bits per heavy atom. The summed E-state index contributed by atoms with van der Waals surface area (Å²) in [6.45, 7) is 9.27. The maximum Gasteiger partial charge on any atom is 0.236 e. The van der Waals surface area contributed by atoms with Crippen LogP contribution in [0.5, 0.6) is 0 Å². The SMILES string of the molecule is Cc1noc(C2CN(CC(=O)N3CC(C)OC(C)C3)C2)n1. The van der Waals surface area contributed by atoms with Gasteiger partial charge in [0.1, 0.15) is 0 Å². The Morgan fingerprint density at radius 3 is 2.48 bits per heavy atom.